The van der Waals surface area contributed by atoms with Gasteiger partial charge >= 0.3 is 6.18 Å². The van der Waals surface area contributed by atoms with E-state index in [1.165, 1.54) is 19.2 Å². The zero-order valence-electron chi connectivity index (χ0n) is 12.7. The van der Waals surface area contributed by atoms with Gasteiger partial charge < -0.3 is 5.32 Å². The summed E-state index contributed by atoms with van der Waals surface area (Å²) in [5.41, 5.74) is 0.262. The first-order chi connectivity index (χ1) is 11.3. The minimum absolute atomic E-state index is 0.0667. The van der Waals surface area contributed by atoms with E-state index in [0.717, 1.165) is 12.1 Å². The highest BCUT2D eigenvalue weighted by atomic mass is 19.4. The number of amides is 1. The van der Waals surface area contributed by atoms with Gasteiger partial charge in [-0.3, -0.25) is 4.79 Å². The number of aromatic nitrogens is 2. The monoisotopic (exact) mass is 334 g/mol. The van der Waals surface area contributed by atoms with Gasteiger partial charge in [0.05, 0.1) is 23.7 Å². The summed E-state index contributed by atoms with van der Waals surface area (Å²) in [5, 5.41) is 11.2. The van der Waals surface area contributed by atoms with Crippen molar-refractivity contribution in [2.45, 2.75) is 26.1 Å². The van der Waals surface area contributed by atoms with Crippen molar-refractivity contribution in [1.82, 2.24) is 15.3 Å². The summed E-state index contributed by atoms with van der Waals surface area (Å²) < 4.78 is 38.7. The molecule has 8 heteroatoms. The summed E-state index contributed by atoms with van der Waals surface area (Å²) in [6.45, 7) is 1.19. The van der Waals surface area contributed by atoms with E-state index < -0.39 is 11.7 Å². The molecule has 0 bridgehead atoms. The number of nitrogens with zero attached hydrogens (tertiary/aromatic N) is 3. The van der Waals surface area contributed by atoms with Crippen molar-refractivity contribution in [3.05, 3.63) is 47.3 Å². The van der Waals surface area contributed by atoms with Gasteiger partial charge in [-0.2, -0.15) is 18.4 Å². The van der Waals surface area contributed by atoms with Crippen LogP contribution in [0.15, 0.2) is 30.5 Å². The third-order valence-corrected chi connectivity index (χ3v) is 3.17. The lowest BCUT2D eigenvalue weighted by Crippen LogP contribution is -2.20. The van der Waals surface area contributed by atoms with E-state index >= 15 is 0 Å². The van der Waals surface area contributed by atoms with Crippen molar-refractivity contribution in [3.63, 3.8) is 0 Å². The molecule has 2 aromatic rings. The van der Waals surface area contributed by atoms with Gasteiger partial charge in [-0.05, 0) is 23.8 Å². The minimum atomic E-state index is -4.49. The van der Waals surface area contributed by atoms with E-state index in [2.05, 4.69) is 15.3 Å². The van der Waals surface area contributed by atoms with Gasteiger partial charge in [-0.25, -0.2) is 9.97 Å². The van der Waals surface area contributed by atoms with Crippen LogP contribution in [-0.2, 0) is 23.9 Å². The summed E-state index contributed by atoms with van der Waals surface area (Å²) in [6, 6.07) is 6.68. The molecule has 0 aliphatic rings. The Morgan fingerprint density at radius 2 is 2.08 bits per heavy atom. The highest BCUT2D eigenvalue weighted by molar-refractivity contribution is 5.73. The highest BCUT2D eigenvalue weighted by Gasteiger charge is 2.31. The lowest BCUT2D eigenvalue weighted by molar-refractivity contribution is -0.137. The Bertz CT molecular complexity index is 797. The van der Waals surface area contributed by atoms with Gasteiger partial charge in [0.15, 0.2) is 5.82 Å². The fourth-order valence-corrected chi connectivity index (χ4v) is 2.06. The second-order valence-electron chi connectivity index (χ2n) is 4.99. The summed E-state index contributed by atoms with van der Waals surface area (Å²) in [5.74, 6) is -0.158. The molecular weight excluding hydrogens is 321 g/mol. The van der Waals surface area contributed by atoms with Gasteiger partial charge in [0.2, 0.25) is 5.91 Å². The molecular formula is C16H13F3N4O. The van der Waals surface area contributed by atoms with E-state index in [1.54, 1.807) is 6.07 Å². The second-order valence-corrected chi connectivity index (χ2v) is 4.99. The number of hydrogen-bond donors (Lipinski definition) is 1. The normalized spacial score (nSPS) is 11.0. The third-order valence-electron chi connectivity index (χ3n) is 3.17. The average molecular weight is 334 g/mol. The first-order valence-corrected chi connectivity index (χ1v) is 6.95. The van der Waals surface area contributed by atoms with Crippen LogP contribution in [0.4, 0.5) is 13.2 Å². The van der Waals surface area contributed by atoms with Crippen molar-refractivity contribution < 1.29 is 18.0 Å². The Hall–Kier alpha value is -2.95. The summed E-state index contributed by atoms with van der Waals surface area (Å²) in [4.78, 5) is 19.3. The molecule has 5 nitrogen and oxygen atoms in total. The SMILES string of the molecule is CC(=O)NCc1cc(C(F)(F)F)ccc1-c1nccc(CC#N)n1. The Morgan fingerprint density at radius 1 is 1.33 bits per heavy atom. The van der Waals surface area contributed by atoms with Crippen LogP contribution in [0.25, 0.3) is 11.4 Å². The maximum Gasteiger partial charge on any atom is 0.416 e. The van der Waals surface area contributed by atoms with Crippen LogP contribution in [0, 0.1) is 11.3 Å². The number of hydrogen-bond acceptors (Lipinski definition) is 4. The van der Waals surface area contributed by atoms with E-state index in [9.17, 15) is 18.0 Å². The first kappa shape index (κ1) is 17.4. The minimum Gasteiger partial charge on any atom is -0.352 e. The molecule has 0 saturated carbocycles. The number of nitrogens with one attached hydrogen (secondary N) is 1. The number of nitriles is 1. The molecule has 1 aromatic heterocycles. The van der Waals surface area contributed by atoms with Crippen molar-refractivity contribution in [3.8, 4) is 17.5 Å². The molecule has 24 heavy (non-hydrogen) atoms. The van der Waals surface area contributed by atoms with Crippen molar-refractivity contribution in [2.75, 3.05) is 0 Å². The second kappa shape index (κ2) is 7.08. The van der Waals surface area contributed by atoms with Gasteiger partial charge in [-0.15, -0.1) is 0 Å². The summed E-state index contributed by atoms with van der Waals surface area (Å²) in [6.07, 6.45) is -2.99. The molecule has 2 rings (SSSR count). The summed E-state index contributed by atoms with van der Waals surface area (Å²) >= 11 is 0. The maximum absolute atomic E-state index is 12.9. The Kier molecular flexibility index (Phi) is 5.14. The van der Waals surface area contributed by atoms with Crippen LogP contribution in [0.2, 0.25) is 0 Å². The molecule has 1 heterocycles. The fourth-order valence-electron chi connectivity index (χ4n) is 2.06. The molecule has 0 spiro atoms. The molecule has 1 N–H and O–H groups in total. The third kappa shape index (κ3) is 4.29. The largest absolute Gasteiger partial charge is 0.416 e. The number of rotatable bonds is 4. The standard InChI is InChI=1S/C16H13F3N4O/c1-10(24)22-9-11-8-12(16(17,18)19)2-3-14(11)15-21-7-5-13(23-15)4-6-20/h2-3,5,7-8H,4,9H2,1H3,(H,22,24). The average Bonchev–Trinajstić information content (AvgIpc) is 2.52. The number of benzene rings is 1. The van der Waals surface area contributed by atoms with Crippen LogP contribution in [0.5, 0.6) is 0 Å². The van der Waals surface area contributed by atoms with Crippen LogP contribution in [0.3, 0.4) is 0 Å². The number of halogens is 3. The van der Waals surface area contributed by atoms with Gasteiger partial charge in [-0.1, -0.05) is 6.07 Å². The summed E-state index contributed by atoms with van der Waals surface area (Å²) in [7, 11) is 0. The zero-order valence-corrected chi connectivity index (χ0v) is 12.7. The van der Waals surface area contributed by atoms with Gasteiger partial charge in [0, 0.05) is 25.2 Å². The number of alkyl halides is 3. The molecule has 1 aromatic carbocycles. The van der Waals surface area contributed by atoms with E-state index in [-0.39, 0.29) is 30.3 Å². The lowest BCUT2D eigenvalue weighted by atomic mass is 10.0. The van der Waals surface area contributed by atoms with E-state index in [1.807, 2.05) is 6.07 Å². The van der Waals surface area contributed by atoms with Gasteiger partial charge in [0.25, 0.3) is 0 Å². The molecule has 0 radical (unpaired) electrons. The molecule has 0 fully saturated rings. The van der Waals surface area contributed by atoms with Crippen LogP contribution in [0.1, 0.15) is 23.7 Å². The quantitative estimate of drug-likeness (QED) is 0.932. The molecule has 0 aliphatic carbocycles. The first-order valence-electron chi connectivity index (χ1n) is 6.95. The van der Waals surface area contributed by atoms with Gasteiger partial charge in [0.1, 0.15) is 0 Å². The van der Waals surface area contributed by atoms with Crippen LogP contribution >= 0.6 is 0 Å². The molecule has 124 valence electrons. The predicted octanol–water partition coefficient (Wildman–Crippen LogP) is 2.86. The molecule has 1 amide bonds. The Labute approximate surface area is 136 Å². The molecule has 0 aliphatic heterocycles. The Morgan fingerprint density at radius 3 is 2.71 bits per heavy atom. The Balaban J connectivity index is 2.49. The fraction of sp³-hybridized carbons (Fsp3) is 0.250. The lowest BCUT2D eigenvalue weighted by Gasteiger charge is -2.13. The molecule has 0 saturated heterocycles. The molecule has 0 atom stereocenters. The van der Waals surface area contributed by atoms with Crippen LogP contribution < -0.4 is 5.32 Å². The number of carbonyl (C=O) groups excluding carboxylic acids is 1. The highest BCUT2D eigenvalue weighted by Crippen LogP contribution is 2.32. The van der Waals surface area contributed by atoms with Crippen molar-refractivity contribution >= 4 is 5.91 Å². The van der Waals surface area contributed by atoms with Crippen LogP contribution in [-0.4, -0.2) is 15.9 Å². The predicted molar refractivity (Wildman–Crippen MR) is 79.3 cm³/mol. The zero-order chi connectivity index (χ0) is 17.7. The molecule has 0 unspecified atom stereocenters. The van der Waals surface area contributed by atoms with E-state index in [0.29, 0.717) is 11.3 Å². The topological polar surface area (TPSA) is 78.7 Å². The number of carbonyl (C=O) groups is 1. The smallest absolute Gasteiger partial charge is 0.352 e. The maximum atomic E-state index is 12.9. The van der Waals surface area contributed by atoms with E-state index in [4.69, 9.17) is 5.26 Å². The van der Waals surface area contributed by atoms with Crippen molar-refractivity contribution in [2.24, 2.45) is 0 Å². The van der Waals surface area contributed by atoms with Crippen molar-refractivity contribution in [1.29, 1.82) is 5.26 Å².